The van der Waals surface area contributed by atoms with Crippen molar-refractivity contribution in [2.75, 3.05) is 0 Å². The molecule has 1 aliphatic heterocycles. The minimum Gasteiger partial charge on any atom is -0.501 e. The predicted octanol–water partition coefficient (Wildman–Crippen LogP) is 2.04. The smallest absolute Gasteiger partial charge is 0.411 e. The van der Waals surface area contributed by atoms with Crippen LogP contribution in [0.25, 0.3) is 10.9 Å². The minimum atomic E-state index is -1.53. The molecule has 0 aliphatic carbocycles. The molecule has 2 aromatic rings. The summed E-state index contributed by atoms with van der Waals surface area (Å²) in [7, 11) is 0. The van der Waals surface area contributed by atoms with Gasteiger partial charge in [-0.3, -0.25) is 15.1 Å². The van der Waals surface area contributed by atoms with E-state index in [0.717, 1.165) is 10.9 Å². The fraction of sp³-hybridized carbons (Fsp3) is 0.133. The number of aliphatic hydroxyl groups is 1. The molecule has 0 saturated carbocycles. The zero-order valence-corrected chi connectivity index (χ0v) is 11.5. The van der Waals surface area contributed by atoms with Gasteiger partial charge >= 0.3 is 6.09 Å². The van der Waals surface area contributed by atoms with Crippen LogP contribution in [0.4, 0.5) is 4.79 Å². The standard InChI is InChI=1S/C15H12N2O5/c1-15(12(19)11(18)13(22-15)17-14(20)21)9-6-8-4-2-3-5-10(8)16-7-9/h2-7,17-18H,1H3,(H,20,21). The average molecular weight is 300 g/mol. The quantitative estimate of drug-likeness (QED) is 0.783. The van der Waals surface area contributed by atoms with Gasteiger partial charge in [0.05, 0.1) is 5.52 Å². The zero-order valence-electron chi connectivity index (χ0n) is 11.5. The molecule has 1 amide bonds. The highest BCUT2D eigenvalue weighted by molar-refractivity contribution is 6.03. The van der Waals surface area contributed by atoms with Crippen LogP contribution in [0.3, 0.4) is 0 Å². The van der Waals surface area contributed by atoms with Crippen molar-refractivity contribution in [3.8, 4) is 0 Å². The Morgan fingerprint density at radius 1 is 1.36 bits per heavy atom. The number of hydrogen-bond donors (Lipinski definition) is 3. The number of ketones is 1. The number of fused-ring (bicyclic) bond motifs is 1. The lowest BCUT2D eigenvalue weighted by atomic mass is 9.92. The second kappa shape index (κ2) is 4.73. The van der Waals surface area contributed by atoms with E-state index < -0.39 is 29.1 Å². The van der Waals surface area contributed by atoms with E-state index in [2.05, 4.69) is 4.98 Å². The first-order chi connectivity index (χ1) is 10.4. The van der Waals surface area contributed by atoms with E-state index in [4.69, 9.17) is 9.84 Å². The number of aromatic nitrogens is 1. The molecule has 1 atom stereocenters. The van der Waals surface area contributed by atoms with Gasteiger partial charge in [0.1, 0.15) is 0 Å². The number of nitrogens with zero attached hydrogens (tertiary/aromatic N) is 1. The molecule has 22 heavy (non-hydrogen) atoms. The normalized spacial score (nSPS) is 21.0. The summed E-state index contributed by atoms with van der Waals surface area (Å²) in [5.41, 5.74) is -0.356. The number of Topliss-reactive ketones (excluding diaryl/α,β-unsaturated/α-hetero) is 1. The third-order valence-electron chi connectivity index (χ3n) is 3.53. The van der Waals surface area contributed by atoms with Crippen LogP contribution in [0, 0.1) is 0 Å². The lowest BCUT2D eigenvalue weighted by molar-refractivity contribution is -0.131. The van der Waals surface area contributed by atoms with Crippen LogP contribution in [0.15, 0.2) is 48.2 Å². The largest absolute Gasteiger partial charge is 0.501 e. The van der Waals surface area contributed by atoms with Crippen LogP contribution in [-0.4, -0.2) is 27.1 Å². The summed E-state index contributed by atoms with van der Waals surface area (Å²) in [4.78, 5) is 27.2. The molecule has 1 aliphatic rings. The molecule has 0 bridgehead atoms. The molecule has 2 heterocycles. The van der Waals surface area contributed by atoms with Crippen molar-refractivity contribution in [2.24, 2.45) is 0 Å². The van der Waals surface area contributed by atoms with E-state index in [-0.39, 0.29) is 0 Å². The highest BCUT2D eigenvalue weighted by Crippen LogP contribution is 2.37. The Morgan fingerprint density at radius 3 is 2.82 bits per heavy atom. The Hall–Kier alpha value is -3.09. The van der Waals surface area contributed by atoms with E-state index in [0.29, 0.717) is 5.56 Å². The van der Waals surface area contributed by atoms with Gasteiger partial charge in [-0.05, 0) is 19.1 Å². The number of carbonyl (C=O) groups is 2. The van der Waals surface area contributed by atoms with E-state index in [1.165, 1.54) is 13.1 Å². The Labute approximate surface area is 124 Å². The second-order valence-electron chi connectivity index (χ2n) is 4.99. The molecule has 3 rings (SSSR count). The maximum absolute atomic E-state index is 12.3. The lowest BCUT2D eigenvalue weighted by Gasteiger charge is -2.23. The van der Waals surface area contributed by atoms with Crippen LogP contribution in [-0.2, 0) is 15.1 Å². The highest BCUT2D eigenvalue weighted by Gasteiger charge is 2.48. The van der Waals surface area contributed by atoms with Gasteiger partial charge in [-0.1, -0.05) is 18.2 Å². The number of aliphatic hydroxyl groups excluding tert-OH is 1. The predicted molar refractivity (Wildman–Crippen MR) is 76.0 cm³/mol. The minimum absolute atomic E-state index is 0.421. The maximum Gasteiger partial charge on any atom is 0.411 e. The molecule has 1 unspecified atom stereocenters. The molecule has 0 fully saturated rings. The van der Waals surface area contributed by atoms with Gasteiger partial charge in [0, 0.05) is 17.1 Å². The first-order valence-corrected chi connectivity index (χ1v) is 6.44. The number of rotatable bonds is 2. The number of benzene rings is 1. The van der Waals surface area contributed by atoms with Crippen molar-refractivity contribution in [2.45, 2.75) is 12.5 Å². The van der Waals surface area contributed by atoms with Gasteiger partial charge in [0.15, 0.2) is 0 Å². The van der Waals surface area contributed by atoms with Crippen molar-refractivity contribution >= 4 is 22.8 Å². The van der Waals surface area contributed by atoms with Gasteiger partial charge in [0.25, 0.3) is 5.78 Å². The number of carbonyl (C=O) groups excluding carboxylic acids is 1. The molecular weight excluding hydrogens is 288 g/mol. The Morgan fingerprint density at radius 2 is 2.09 bits per heavy atom. The number of para-hydroxylation sites is 1. The second-order valence-corrected chi connectivity index (χ2v) is 4.99. The fourth-order valence-corrected chi connectivity index (χ4v) is 2.33. The first-order valence-electron chi connectivity index (χ1n) is 6.44. The summed E-state index contributed by atoms with van der Waals surface area (Å²) < 4.78 is 5.37. The number of hydrogen-bond acceptors (Lipinski definition) is 5. The molecule has 1 aromatic heterocycles. The molecule has 1 aromatic carbocycles. The number of ether oxygens (including phenoxy) is 1. The molecule has 112 valence electrons. The van der Waals surface area contributed by atoms with Gasteiger partial charge < -0.3 is 14.9 Å². The molecule has 0 saturated heterocycles. The zero-order chi connectivity index (χ0) is 15.9. The molecular formula is C15H12N2O5. The van der Waals surface area contributed by atoms with E-state index >= 15 is 0 Å². The van der Waals surface area contributed by atoms with Crippen molar-refractivity contribution in [1.29, 1.82) is 0 Å². The molecule has 0 radical (unpaired) electrons. The Kier molecular flexibility index (Phi) is 2.98. The van der Waals surface area contributed by atoms with Crippen molar-refractivity contribution in [3.63, 3.8) is 0 Å². The van der Waals surface area contributed by atoms with E-state index in [1.54, 1.807) is 6.07 Å². The maximum atomic E-state index is 12.3. The third-order valence-corrected chi connectivity index (χ3v) is 3.53. The number of pyridine rings is 1. The topological polar surface area (TPSA) is 109 Å². The van der Waals surface area contributed by atoms with Gasteiger partial charge in [-0.2, -0.15) is 0 Å². The molecule has 0 spiro atoms. The fourth-order valence-electron chi connectivity index (χ4n) is 2.33. The van der Waals surface area contributed by atoms with Crippen LogP contribution in [0.2, 0.25) is 0 Å². The van der Waals surface area contributed by atoms with Gasteiger partial charge in [0.2, 0.25) is 17.2 Å². The summed E-state index contributed by atoms with van der Waals surface area (Å²) in [6, 6.07) is 9.05. The average Bonchev–Trinajstić information content (AvgIpc) is 2.71. The van der Waals surface area contributed by atoms with Crippen molar-refractivity contribution < 1.29 is 24.5 Å². The van der Waals surface area contributed by atoms with Gasteiger partial charge in [-0.25, -0.2) is 4.79 Å². The van der Waals surface area contributed by atoms with Crippen LogP contribution < -0.4 is 5.32 Å². The number of amides is 1. The van der Waals surface area contributed by atoms with E-state index in [9.17, 15) is 14.7 Å². The number of nitrogens with one attached hydrogen (secondary N) is 1. The lowest BCUT2D eigenvalue weighted by Crippen LogP contribution is -2.32. The number of carboxylic acid groups (broad SMARTS) is 1. The van der Waals surface area contributed by atoms with Crippen LogP contribution in [0.5, 0.6) is 0 Å². The first kappa shape index (κ1) is 13.9. The van der Waals surface area contributed by atoms with Crippen molar-refractivity contribution in [1.82, 2.24) is 10.3 Å². The SMILES string of the molecule is CC1(c2cnc3ccccc3c2)OC(NC(=O)O)=C(O)C1=O. The van der Waals surface area contributed by atoms with Crippen LogP contribution >= 0.6 is 0 Å². The molecule has 3 N–H and O–H groups in total. The molecule has 7 heteroatoms. The molecule has 7 nitrogen and oxygen atoms in total. The Bertz CT molecular complexity index is 830. The van der Waals surface area contributed by atoms with Crippen molar-refractivity contribution in [3.05, 3.63) is 53.7 Å². The summed E-state index contributed by atoms with van der Waals surface area (Å²) >= 11 is 0. The summed E-state index contributed by atoms with van der Waals surface area (Å²) in [5.74, 6) is -1.96. The summed E-state index contributed by atoms with van der Waals surface area (Å²) in [6.45, 7) is 1.45. The highest BCUT2D eigenvalue weighted by atomic mass is 16.5. The monoisotopic (exact) mass is 300 g/mol. The Balaban J connectivity index is 2.03. The van der Waals surface area contributed by atoms with Crippen LogP contribution in [0.1, 0.15) is 12.5 Å². The summed E-state index contributed by atoms with van der Waals surface area (Å²) in [5, 5.41) is 21.1. The van der Waals surface area contributed by atoms with E-state index in [1.807, 2.05) is 29.6 Å². The van der Waals surface area contributed by atoms with Gasteiger partial charge in [-0.15, -0.1) is 0 Å². The summed E-state index contributed by atoms with van der Waals surface area (Å²) in [6.07, 6.45) is 0.0345. The third kappa shape index (κ3) is 2.03.